The first kappa shape index (κ1) is 4.49. The summed E-state index contributed by atoms with van der Waals surface area (Å²) in [5, 5.41) is 7.78. The summed E-state index contributed by atoms with van der Waals surface area (Å²) in [6.45, 7) is 1.86. The van der Waals surface area contributed by atoms with Crippen molar-refractivity contribution in [1.29, 1.82) is 5.26 Å². The number of nitrogens with zero attached hydrogens (tertiary/aromatic N) is 1. The molecule has 0 atom stereocenters. The van der Waals surface area contributed by atoms with Crippen molar-refractivity contribution in [1.82, 2.24) is 0 Å². The highest BCUT2D eigenvalue weighted by Gasteiger charge is 1.66. The van der Waals surface area contributed by atoms with Crippen molar-refractivity contribution in [3.63, 3.8) is 0 Å². The van der Waals surface area contributed by atoms with Gasteiger partial charge in [0.1, 0.15) is 0 Å². The van der Waals surface area contributed by atoms with E-state index in [2.05, 4.69) is 0 Å². The largest absolute Gasteiger partial charge is 0.198 e. The molecule has 0 saturated carbocycles. The van der Waals surface area contributed by atoms with Gasteiger partial charge in [-0.15, -0.1) is 0 Å². The highest BCUT2D eigenvalue weighted by Crippen LogP contribution is 1.75. The molecule has 27 valence electrons. The predicted octanol–water partition coefficient (Wildman–Crippen LogP) is 1.12. The fraction of sp³-hybridized carbons (Fsp3) is 0.500. The van der Waals surface area contributed by atoms with Gasteiger partial charge in [-0.05, 0) is 6.42 Å². The molecule has 0 aromatic carbocycles. The molecular weight excluding hydrogens is 62.1 g/mol. The van der Waals surface area contributed by atoms with Crippen LogP contribution in [0.1, 0.15) is 13.3 Å². The summed E-state index contributed by atoms with van der Waals surface area (Å²) in [5.41, 5.74) is 0. The fourth-order valence-electron chi connectivity index (χ4n) is 0.0913. The molecule has 0 amide bonds. The SMILES string of the molecule is C[CH]CC#N. The van der Waals surface area contributed by atoms with Gasteiger partial charge >= 0.3 is 0 Å². The number of rotatable bonds is 1. The van der Waals surface area contributed by atoms with E-state index < -0.39 is 0 Å². The minimum Gasteiger partial charge on any atom is -0.198 e. The topological polar surface area (TPSA) is 23.8 Å². The van der Waals surface area contributed by atoms with E-state index in [0.29, 0.717) is 6.42 Å². The third kappa shape index (κ3) is 3.49. The molecule has 0 heterocycles. The first-order chi connectivity index (χ1) is 2.41. The molecule has 5 heavy (non-hydrogen) atoms. The Bertz CT molecular complexity index is 42.1. The zero-order chi connectivity index (χ0) is 4.12. The maximum atomic E-state index is 7.78. The molecule has 0 aliphatic rings. The van der Waals surface area contributed by atoms with Crippen LogP contribution >= 0.6 is 0 Å². The van der Waals surface area contributed by atoms with Crippen molar-refractivity contribution < 1.29 is 0 Å². The Morgan fingerprint density at radius 1 is 2.00 bits per heavy atom. The van der Waals surface area contributed by atoms with Gasteiger partial charge in [0.2, 0.25) is 0 Å². The van der Waals surface area contributed by atoms with Crippen molar-refractivity contribution >= 4 is 0 Å². The van der Waals surface area contributed by atoms with Gasteiger partial charge in [-0.2, -0.15) is 5.26 Å². The quantitative estimate of drug-likeness (QED) is 0.451. The fourth-order valence-corrected chi connectivity index (χ4v) is 0.0913. The smallest absolute Gasteiger partial charge is 0.0624 e. The van der Waals surface area contributed by atoms with Crippen molar-refractivity contribution in [3.8, 4) is 6.07 Å². The molecule has 0 unspecified atom stereocenters. The first-order valence-electron chi connectivity index (χ1n) is 1.56. The Balaban J connectivity index is 2.48. The zero-order valence-corrected chi connectivity index (χ0v) is 3.23. The van der Waals surface area contributed by atoms with Gasteiger partial charge in [-0.25, -0.2) is 0 Å². The Hall–Kier alpha value is -0.510. The minimum atomic E-state index is 0.569. The summed E-state index contributed by atoms with van der Waals surface area (Å²) < 4.78 is 0. The number of unbranched alkanes of at least 4 members (excludes halogenated alkanes) is 1. The average Bonchev–Trinajstić information content (AvgIpc) is 1.41. The Labute approximate surface area is 32.2 Å². The average molecular weight is 68.1 g/mol. The van der Waals surface area contributed by atoms with Crippen LogP contribution in [0.15, 0.2) is 0 Å². The molecule has 0 bridgehead atoms. The Morgan fingerprint density at radius 2 is 2.60 bits per heavy atom. The number of nitriles is 1. The van der Waals surface area contributed by atoms with Crippen LogP contribution in [0.3, 0.4) is 0 Å². The molecule has 0 fully saturated rings. The normalized spacial score (nSPS) is 6.40. The number of hydrogen-bond donors (Lipinski definition) is 0. The molecule has 0 aromatic heterocycles. The molecule has 0 spiro atoms. The third-order valence-corrected chi connectivity index (χ3v) is 0.295. The van der Waals surface area contributed by atoms with Gasteiger partial charge < -0.3 is 0 Å². The van der Waals surface area contributed by atoms with Gasteiger partial charge in [0.05, 0.1) is 6.07 Å². The van der Waals surface area contributed by atoms with Crippen LogP contribution < -0.4 is 0 Å². The highest BCUT2D eigenvalue weighted by molar-refractivity contribution is 4.76. The molecule has 0 saturated heterocycles. The highest BCUT2D eigenvalue weighted by atomic mass is 14.2. The Morgan fingerprint density at radius 3 is 2.60 bits per heavy atom. The standard InChI is InChI=1S/C4H6N/c1-2-3-4-5/h2H,3H2,1H3. The van der Waals surface area contributed by atoms with Crippen molar-refractivity contribution in [3.05, 3.63) is 6.42 Å². The zero-order valence-electron chi connectivity index (χ0n) is 3.23. The molecular formula is C4H6N. The van der Waals surface area contributed by atoms with Crippen LogP contribution in [0.25, 0.3) is 0 Å². The van der Waals surface area contributed by atoms with E-state index in [4.69, 9.17) is 5.26 Å². The summed E-state index contributed by atoms with van der Waals surface area (Å²) in [7, 11) is 0. The summed E-state index contributed by atoms with van der Waals surface area (Å²) in [6, 6.07) is 1.96. The lowest BCUT2D eigenvalue weighted by Crippen LogP contribution is -1.55. The molecule has 1 nitrogen and oxygen atoms in total. The lowest BCUT2D eigenvalue weighted by molar-refractivity contribution is 1.21. The van der Waals surface area contributed by atoms with E-state index in [1.165, 1.54) is 0 Å². The van der Waals surface area contributed by atoms with E-state index >= 15 is 0 Å². The molecule has 0 aromatic rings. The molecule has 1 heteroatoms. The first-order valence-corrected chi connectivity index (χ1v) is 1.56. The lowest BCUT2D eigenvalue weighted by Gasteiger charge is -1.65. The van der Waals surface area contributed by atoms with Crippen LogP contribution in [0, 0.1) is 17.8 Å². The maximum Gasteiger partial charge on any atom is 0.0624 e. The van der Waals surface area contributed by atoms with E-state index in [1.807, 2.05) is 19.4 Å². The van der Waals surface area contributed by atoms with E-state index in [9.17, 15) is 0 Å². The molecule has 0 N–H and O–H groups in total. The summed E-state index contributed by atoms with van der Waals surface area (Å²) >= 11 is 0. The minimum absolute atomic E-state index is 0.569. The van der Waals surface area contributed by atoms with Crippen molar-refractivity contribution in [2.75, 3.05) is 0 Å². The van der Waals surface area contributed by atoms with Crippen molar-refractivity contribution in [2.45, 2.75) is 13.3 Å². The molecule has 0 rings (SSSR count). The van der Waals surface area contributed by atoms with E-state index in [0.717, 1.165) is 0 Å². The van der Waals surface area contributed by atoms with Gasteiger partial charge in [-0.1, -0.05) is 6.92 Å². The molecule has 0 aliphatic heterocycles. The second kappa shape index (κ2) is 3.49. The van der Waals surface area contributed by atoms with Crippen LogP contribution in [-0.4, -0.2) is 0 Å². The van der Waals surface area contributed by atoms with E-state index in [1.54, 1.807) is 0 Å². The summed E-state index contributed by atoms with van der Waals surface area (Å²) in [6.07, 6.45) is 2.39. The lowest BCUT2D eigenvalue weighted by atomic mass is 10.4. The van der Waals surface area contributed by atoms with Crippen molar-refractivity contribution in [2.24, 2.45) is 0 Å². The molecule has 1 radical (unpaired) electrons. The second-order valence-corrected chi connectivity index (χ2v) is 0.770. The second-order valence-electron chi connectivity index (χ2n) is 0.770. The van der Waals surface area contributed by atoms with E-state index in [-0.39, 0.29) is 0 Å². The summed E-state index contributed by atoms with van der Waals surface area (Å²) in [5.74, 6) is 0. The maximum absolute atomic E-state index is 7.78. The van der Waals surface area contributed by atoms with Gasteiger partial charge in [0.15, 0.2) is 0 Å². The monoisotopic (exact) mass is 68.1 g/mol. The van der Waals surface area contributed by atoms with Gasteiger partial charge in [-0.3, -0.25) is 0 Å². The van der Waals surface area contributed by atoms with Crippen LogP contribution in [0.5, 0.6) is 0 Å². The van der Waals surface area contributed by atoms with Gasteiger partial charge in [0.25, 0.3) is 0 Å². The predicted molar refractivity (Wildman–Crippen MR) is 20.2 cm³/mol. The molecule has 0 aliphatic carbocycles. The van der Waals surface area contributed by atoms with Crippen LogP contribution in [0.2, 0.25) is 0 Å². The Kier molecular flexibility index (Phi) is 3.13. The van der Waals surface area contributed by atoms with Crippen LogP contribution in [0.4, 0.5) is 0 Å². The van der Waals surface area contributed by atoms with Crippen LogP contribution in [-0.2, 0) is 0 Å². The van der Waals surface area contributed by atoms with Gasteiger partial charge in [0, 0.05) is 6.42 Å². The summed E-state index contributed by atoms with van der Waals surface area (Å²) in [4.78, 5) is 0. The third-order valence-electron chi connectivity index (χ3n) is 0.295. The number of hydrogen-bond acceptors (Lipinski definition) is 1.